The van der Waals surface area contributed by atoms with E-state index in [9.17, 15) is 4.79 Å². The third-order valence-electron chi connectivity index (χ3n) is 4.21. The molecule has 1 aromatic carbocycles. The largest absolute Gasteiger partial charge is 0.324 e. The van der Waals surface area contributed by atoms with Gasteiger partial charge in [-0.2, -0.15) is 0 Å². The standard InChI is InChI=1S/C18H15BrN4O/c19-13-3-1-12(2-4-13)15-9-16(15)18(24)22-14-5-6-17(21-10-14)23-8-7-20-11-23/h1-8,10-11,15-16H,9H2,(H,22,24). The number of benzene rings is 1. The lowest BCUT2D eigenvalue weighted by Gasteiger charge is -2.06. The van der Waals surface area contributed by atoms with Crippen molar-refractivity contribution in [1.82, 2.24) is 14.5 Å². The van der Waals surface area contributed by atoms with Gasteiger partial charge < -0.3 is 5.32 Å². The number of hydrogen-bond acceptors (Lipinski definition) is 3. The van der Waals surface area contributed by atoms with Gasteiger partial charge in [0.1, 0.15) is 12.1 Å². The van der Waals surface area contributed by atoms with Gasteiger partial charge in [0.15, 0.2) is 0 Å². The monoisotopic (exact) mass is 382 g/mol. The Kier molecular flexibility index (Phi) is 3.90. The number of carbonyl (C=O) groups excluding carboxylic acids is 1. The zero-order valence-corrected chi connectivity index (χ0v) is 14.3. The molecule has 1 fully saturated rings. The van der Waals surface area contributed by atoms with Crippen molar-refractivity contribution < 1.29 is 4.79 Å². The lowest BCUT2D eigenvalue weighted by molar-refractivity contribution is -0.117. The molecule has 0 saturated heterocycles. The Bertz CT molecular complexity index is 844. The van der Waals surface area contributed by atoms with Crippen LogP contribution in [0.3, 0.4) is 0 Å². The number of carbonyl (C=O) groups is 1. The number of hydrogen-bond donors (Lipinski definition) is 1. The van der Waals surface area contributed by atoms with Crippen LogP contribution in [-0.2, 0) is 4.79 Å². The molecule has 120 valence electrons. The molecule has 0 aliphatic heterocycles. The normalized spacial score (nSPS) is 19.0. The van der Waals surface area contributed by atoms with E-state index in [0.29, 0.717) is 11.6 Å². The molecule has 1 amide bonds. The van der Waals surface area contributed by atoms with E-state index in [1.54, 1.807) is 18.7 Å². The molecule has 1 aliphatic carbocycles. The maximum absolute atomic E-state index is 12.4. The Balaban J connectivity index is 1.39. The fourth-order valence-corrected chi connectivity index (χ4v) is 3.07. The number of halogens is 1. The highest BCUT2D eigenvalue weighted by Crippen LogP contribution is 2.48. The maximum atomic E-state index is 12.4. The number of imidazole rings is 1. The zero-order chi connectivity index (χ0) is 16.5. The predicted molar refractivity (Wildman–Crippen MR) is 95.0 cm³/mol. The second-order valence-corrected chi connectivity index (χ2v) is 6.78. The first-order chi connectivity index (χ1) is 11.7. The second kappa shape index (κ2) is 6.20. The minimum atomic E-state index is 0.0412. The molecule has 5 nitrogen and oxygen atoms in total. The summed E-state index contributed by atoms with van der Waals surface area (Å²) in [5, 5.41) is 2.95. The predicted octanol–water partition coefficient (Wildman–Crippen LogP) is 3.77. The van der Waals surface area contributed by atoms with Crippen molar-refractivity contribution in [3.05, 3.63) is 71.4 Å². The van der Waals surface area contributed by atoms with Crippen LogP contribution in [0, 0.1) is 5.92 Å². The first kappa shape index (κ1) is 15.1. The van der Waals surface area contributed by atoms with E-state index in [-0.39, 0.29) is 11.8 Å². The van der Waals surface area contributed by atoms with Gasteiger partial charge in [0, 0.05) is 22.8 Å². The number of anilines is 1. The Morgan fingerprint density at radius 3 is 2.71 bits per heavy atom. The fraction of sp³-hybridized carbons (Fsp3) is 0.167. The highest BCUT2D eigenvalue weighted by atomic mass is 79.9. The molecule has 2 heterocycles. The molecule has 2 unspecified atom stereocenters. The smallest absolute Gasteiger partial charge is 0.228 e. The van der Waals surface area contributed by atoms with E-state index in [0.717, 1.165) is 16.7 Å². The number of nitrogens with one attached hydrogen (secondary N) is 1. The quantitative estimate of drug-likeness (QED) is 0.746. The first-order valence-corrected chi connectivity index (χ1v) is 8.51. The van der Waals surface area contributed by atoms with Crippen molar-refractivity contribution >= 4 is 27.5 Å². The van der Waals surface area contributed by atoms with Crippen molar-refractivity contribution in [2.75, 3.05) is 5.32 Å². The lowest BCUT2D eigenvalue weighted by Crippen LogP contribution is -2.14. The summed E-state index contributed by atoms with van der Waals surface area (Å²) in [5.41, 5.74) is 1.93. The summed E-state index contributed by atoms with van der Waals surface area (Å²) >= 11 is 3.43. The summed E-state index contributed by atoms with van der Waals surface area (Å²) in [5.74, 6) is 1.18. The molecular weight excluding hydrogens is 368 g/mol. The zero-order valence-electron chi connectivity index (χ0n) is 12.8. The Morgan fingerprint density at radius 1 is 1.21 bits per heavy atom. The van der Waals surface area contributed by atoms with E-state index in [2.05, 4.69) is 43.3 Å². The number of rotatable bonds is 4. The number of nitrogens with zero attached hydrogens (tertiary/aromatic N) is 3. The van der Waals surface area contributed by atoms with E-state index >= 15 is 0 Å². The molecule has 2 atom stereocenters. The van der Waals surface area contributed by atoms with E-state index < -0.39 is 0 Å². The Labute approximate surface area is 147 Å². The van der Waals surface area contributed by atoms with Crippen molar-refractivity contribution in [3.63, 3.8) is 0 Å². The lowest BCUT2D eigenvalue weighted by atomic mass is 10.1. The van der Waals surface area contributed by atoms with Crippen molar-refractivity contribution in [2.45, 2.75) is 12.3 Å². The molecule has 0 bridgehead atoms. The Hall–Kier alpha value is -2.47. The number of aromatic nitrogens is 3. The second-order valence-electron chi connectivity index (χ2n) is 5.86. The van der Waals surface area contributed by atoms with Crippen LogP contribution >= 0.6 is 15.9 Å². The van der Waals surface area contributed by atoms with E-state index in [1.807, 2.05) is 35.0 Å². The molecule has 3 aromatic rings. The summed E-state index contributed by atoms with van der Waals surface area (Å²) in [7, 11) is 0. The van der Waals surface area contributed by atoms with Crippen molar-refractivity contribution in [2.24, 2.45) is 5.92 Å². The average molecular weight is 383 g/mol. The van der Waals surface area contributed by atoms with Crippen LogP contribution < -0.4 is 5.32 Å². The van der Waals surface area contributed by atoms with Crippen LogP contribution in [0.4, 0.5) is 5.69 Å². The van der Waals surface area contributed by atoms with Crippen LogP contribution in [0.15, 0.2) is 65.8 Å². The molecule has 2 aromatic heterocycles. The van der Waals surface area contributed by atoms with Crippen molar-refractivity contribution in [3.8, 4) is 5.82 Å². The van der Waals surface area contributed by atoms with E-state index in [4.69, 9.17) is 0 Å². The minimum absolute atomic E-state index is 0.0412. The molecule has 0 radical (unpaired) electrons. The SMILES string of the molecule is O=C(Nc1ccc(-n2ccnc2)nc1)C1CC1c1ccc(Br)cc1. The number of amides is 1. The summed E-state index contributed by atoms with van der Waals surface area (Å²) in [4.78, 5) is 20.7. The van der Waals surface area contributed by atoms with Crippen molar-refractivity contribution in [1.29, 1.82) is 0 Å². The third-order valence-corrected chi connectivity index (χ3v) is 4.74. The minimum Gasteiger partial charge on any atom is -0.324 e. The number of pyridine rings is 1. The van der Waals surface area contributed by atoms with Crippen LogP contribution in [0.25, 0.3) is 5.82 Å². The van der Waals surface area contributed by atoms with Crippen LogP contribution in [-0.4, -0.2) is 20.4 Å². The fourth-order valence-electron chi connectivity index (χ4n) is 2.81. The van der Waals surface area contributed by atoms with Gasteiger partial charge in [0.05, 0.1) is 11.9 Å². The molecular formula is C18H15BrN4O. The van der Waals surface area contributed by atoms with Gasteiger partial charge in [0.2, 0.25) is 5.91 Å². The molecule has 0 spiro atoms. The van der Waals surface area contributed by atoms with Gasteiger partial charge in [-0.1, -0.05) is 28.1 Å². The molecule has 1 N–H and O–H groups in total. The summed E-state index contributed by atoms with van der Waals surface area (Å²) < 4.78 is 2.87. The van der Waals surface area contributed by atoms with Gasteiger partial charge in [-0.15, -0.1) is 0 Å². The third kappa shape index (κ3) is 3.10. The highest BCUT2D eigenvalue weighted by Gasteiger charge is 2.43. The van der Waals surface area contributed by atoms with Crippen LogP contribution in [0.5, 0.6) is 0 Å². The molecule has 4 rings (SSSR count). The molecule has 1 saturated carbocycles. The summed E-state index contributed by atoms with van der Waals surface area (Å²) in [6, 6.07) is 11.9. The van der Waals surface area contributed by atoms with Crippen LogP contribution in [0.2, 0.25) is 0 Å². The van der Waals surface area contributed by atoms with Crippen LogP contribution in [0.1, 0.15) is 17.9 Å². The molecule has 1 aliphatic rings. The van der Waals surface area contributed by atoms with Gasteiger partial charge in [-0.25, -0.2) is 9.97 Å². The summed E-state index contributed by atoms with van der Waals surface area (Å²) in [6.07, 6.45) is 7.78. The van der Waals surface area contributed by atoms with Gasteiger partial charge in [0.25, 0.3) is 0 Å². The highest BCUT2D eigenvalue weighted by molar-refractivity contribution is 9.10. The molecule has 6 heteroatoms. The molecule has 24 heavy (non-hydrogen) atoms. The van der Waals surface area contributed by atoms with Gasteiger partial charge >= 0.3 is 0 Å². The van der Waals surface area contributed by atoms with Gasteiger partial charge in [-0.05, 0) is 42.2 Å². The summed E-state index contributed by atoms with van der Waals surface area (Å²) in [6.45, 7) is 0. The average Bonchev–Trinajstić information content (AvgIpc) is 3.21. The van der Waals surface area contributed by atoms with E-state index in [1.165, 1.54) is 5.56 Å². The maximum Gasteiger partial charge on any atom is 0.228 e. The first-order valence-electron chi connectivity index (χ1n) is 7.71. The Morgan fingerprint density at radius 2 is 2.04 bits per heavy atom. The van der Waals surface area contributed by atoms with Gasteiger partial charge in [-0.3, -0.25) is 9.36 Å². The topological polar surface area (TPSA) is 59.8 Å².